The highest BCUT2D eigenvalue weighted by atomic mass is 32.1. The second-order valence-corrected chi connectivity index (χ2v) is 6.85. The number of rotatable bonds is 4. The Morgan fingerprint density at radius 1 is 0.840 bits per heavy atom. The first-order valence-electron chi connectivity index (χ1n) is 8.22. The molecular weight excluding hydrogens is 328 g/mol. The fourth-order valence-corrected chi connectivity index (χ4v) is 3.91. The Hall–Kier alpha value is -2.69. The number of fused-ring (bicyclic) bond motifs is 1. The van der Waals surface area contributed by atoms with Gasteiger partial charge in [0.2, 0.25) is 0 Å². The molecule has 0 aliphatic rings. The van der Waals surface area contributed by atoms with Crippen LogP contribution in [0.5, 0.6) is 0 Å². The summed E-state index contributed by atoms with van der Waals surface area (Å²) in [6, 6.07) is 27.9. The van der Waals surface area contributed by atoms with Crippen molar-refractivity contribution in [1.29, 1.82) is 0 Å². The fraction of sp³-hybridized carbons (Fsp3) is 0.0952. The Bertz CT molecular complexity index is 1040. The zero-order chi connectivity index (χ0) is 17.1. The highest BCUT2D eigenvalue weighted by molar-refractivity contribution is 7.16. The minimum atomic E-state index is -0.575. The summed E-state index contributed by atoms with van der Waals surface area (Å²) in [5.74, 6) is 0. The van der Waals surface area contributed by atoms with Crippen LogP contribution in [-0.4, -0.2) is 9.67 Å². The van der Waals surface area contributed by atoms with Crippen molar-refractivity contribution >= 4 is 27.2 Å². The van der Waals surface area contributed by atoms with Crippen molar-refractivity contribution < 1.29 is 5.11 Å². The second-order valence-electron chi connectivity index (χ2n) is 5.84. The summed E-state index contributed by atoms with van der Waals surface area (Å²) in [5.41, 5.74) is 2.92. The Kier molecular flexibility index (Phi) is 4.46. The minimum absolute atomic E-state index is 0.472. The first-order chi connectivity index (χ1) is 12.3. The molecule has 0 radical (unpaired) electrons. The van der Waals surface area contributed by atoms with E-state index in [1.54, 1.807) is 11.3 Å². The van der Waals surface area contributed by atoms with Gasteiger partial charge in [0.1, 0.15) is 0 Å². The lowest BCUT2D eigenvalue weighted by atomic mass is 10.1. The predicted octanol–water partition coefficient (Wildman–Crippen LogP) is 4.67. The van der Waals surface area contributed by atoms with E-state index in [4.69, 9.17) is 4.99 Å². The Balaban J connectivity index is 1.81. The molecule has 0 fully saturated rings. The molecule has 3 nitrogen and oxygen atoms in total. The van der Waals surface area contributed by atoms with E-state index in [-0.39, 0.29) is 0 Å². The van der Waals surface area contributed by atoms with Gasteiger partial charge < -0.3 is 9.67 Å². The third-order valence-corrected chi connectivity index (χ3v) is 5.17. The molecule has 4 aromatic rings. The van der Waals surface area contributed by atoms with Gasteiger partial charge in [-0.25, -0.2) is 4.99 Å². The zero-order valence-electron chi connectivity index (χ0n) is 13.6. The molecule has 124 valence electrons. The highest BCUT2D eigenvalue weighted by Gasteiger charge is 2.12. The van der Waals surface area contributed by atoms with Crippen LogP contribution < -0.4 is 4.80 Å². The van der Waals surface area contributed by atoms with Gasteiger partial charge >= 0.3 is 0 Å². The number of hydrogen-bond donors (Lipinski definition) is 1. The summed E-state index contributed by atoms with van der Waals surface area (Å²) in [5, 5.41) is 10.7. The predicted molar refractivity (Wildman–Crippen MR) is 103 cm³/mol. The van der Waals surface area contributed by atoms with Gasteiger partial charge in [-0.3, -0.25) is 0 Å². The van der Waals surface area contributed by atoms with Crippen molar-refractivity contribution in [1.82, 2.24) is 4.57 Å². The standard InChI is InChI=1S/C21H18N2OS/c24-19(16-9-3-1-4-10-16)15-23-18-13-7-8-14-20(18)25-21(23)22-17-11-5-2-6-12-17/h1-14,19,24H,15H2/t19-/m1/s1. The Morgan fingerprint density at radius 3 is 2.24 bits per heavy atom. The number of thiazole rings is 1. The molecule has 1 atom stereocenters. The summed E-state index contributed by atoms with van der Waals surface area (Å²) in [6.45, 7) is 0.472. The van der Waals surface area contributed by atoms with E-state index in [1.807, 2.05) is 72.8 Å². The Labute approximate surface area is 150 Å². The van der Waals surface area contributed by atoms with E-state index < -0.39 is 6.10 Å². The molecule has 1 N–H and O–H groups in total. The number of hydrogen-bond acceptors (Lipinski definition) is 3. The highest BCUT2D eigenvalue weighted by Crippen LogP contribution is 2.21. The van der Waals surface area contributed by atoms with Crippen molar-refractivity contribution in [2.75, 3.05) is 0 Å². The average Bonchev–Trinajstić information content (AvgIpc) is 3.00. The molecule has 0 saturated heterocycles. The van der Waals surface area contributed by atoms with Gasteiger partial charge in [0.05, 0.1) is 28.6 Å². The van der Waals surface area contributed by atoms with Gasteiger partial charge in [-0.1, -0.05) is 72.0 Å². The summed E-state index contributed by atoms with van der Waals surface area (Å²) < 4.78 is 3.27. The summed E-state index contributed by atoms with van der Waals surface area (Å²) in [4.78, 5) is 5.69. The molecular formula is C21H18N2OS. The lowest BCUT2D eigenvalue weighted by Crippen LogP contribution is -2.19. The van der Waals surface area contributed by atoms with Crippen molar-refractivity contribution in [3.05, 3.63) is 95.3 Å². The maximum absolute atomic E-state index is 10.7. The van der Waals surface area contributed by atoms with Gasteiger partial charge in [0, 0.05) is 0 Å². The first kappa shape index (κ1) is 15.8. The quantitative estimate of drug-likeness (QED) is 0.573. The largest absolute Gasteiger partial charge is 0.387 e. The van der Waals surface area contributed by atoms with Gasteiger partial charge in [-0.15, -0.1) is 0 Å². The third-order valence-electron chi connectivity index (χ3n) is 4.11. The molecule has 0 amide bonds. The van der Waals surface area contributed by atoms with Crippen molar-refractivity contribution in [3.8, 4) is 0 Å². The van der Waals surface area contributed by atoms with Crippen LogP contribution in [0.4, 0.5) is 5.69 Å². The maximum Gasteiger partial charge on any atom is 0.191 e. The van der Waals surface area contributed by atoms with E-state index in [0.717, 1.165) is 26.3 Å². The molecule has 4 rings (SSSR count). The van der Waals surface area contributed by atoms with Crippen molar-refractivity contribution in [2.24, 2.45) is 4.99 Å². The number of aliphatic hydroxyl groups is 1. The minimum Gasteiger partial charge on any atom is -0.387 e. The molecule has 1 heterocycles. The molecule has 25 heavy (non-hydrogen) atoms. The van der Waals surface area contributed by atoms with Gasteiger partial charge in [-0.2, -0.15) is 0 Å². The monoisotopic (exact) mass is 346 g/mol. The number of benzene rings is 3. The van der Waals surface area contributed by atoms with Crippen LogP contribution in [0.15, 0.2) is 89.9 Å². The van der Waals surface area contributed by atoms with Crippen LogP contribution in [0.2, 0.25) is 0 Å². The zero-order valence-corrected chi connectivity index (χ0v) is 14.4. The summed E-state index contributed by atoms with van der Waals surface area (Å²) >= 11 is 1.64. The molecule has 0 aliphatic carbocycles. The van der Waals surface area contributed by atoms with Gasteiger partial charge in [-0.05, 0) is 29.8 Å². The molecule has 3 aromatic carbocycles. The van der Waals surface area contributed by atoms with E-state index in [0.29, 0.717) is 6.54 Å². The third kappa shape index (κ3) is 3.40. The molecule has 0 unspecified atom stereocenters. The summed E-state index contributed by atoms with van der Waals surface area (Å²) in [6.07, 6.45) is -0.575. The second kappa shape index (κ2) is 7.05. The molecule has 4 heteroatoms. The molecule has 0 saturated carbocycles. The van der Waals surface area contributed by atoms with Crippen LogP contribution in [-0.2, 0) is 6.54 Å². The normalized spacial score (nSPS) is 13.2. The Morgan fingerprint density at radius 2 is 1.48 bits per heavy atom. The number of aliphatic hydroxyl groups excluding tert-OH is 1. The van der Waals surface area contributed by atoms with Crippen LogP contribution >= 0.6 is 11.3 Å². The lowest BCUT2D eigenvalue weighted by Gasteiger charge is -2.13. The first-order valence-corrected chi connectivity index (χ1v) is 9.04. The fourth-order valence-electron chi connectivity index (χ4n) is 2.85. The molecule has 0 spiro atoms. The maximum atomic E-state index is 10.7. The SMILES string of the molecule is O[C@H](Cn1c(=Nc2ccccc2)sc2ccccc21)c1ccccc1. The van der Waals surface area contributed by atoms with Crippen LogP contribution in [0.1, 0.15) is 11.7 Å². The number of para-hydroxylation sites is 2. The van der Waals surface area contributed by atoms with Crippen LogP contribution in [0.25, 0.3) is 10.2 Å². The smallest absolute Gasteiger partial charge is 0.191 e. The molecule has 0 aliphatic heterocycles. The van der Waals surface area contributed by atoms with Gasteiger partial charge in [0.15, 0.2) is 4.80 Å². The molecule has 1 aromatic heterocycles. The van der Waals surface area contributed by atoms with E-state index >= 15 is 0 Å². The van der Waals surface area contributed by atoms with Crippen LogP contribution in [0.3, 0.4) is 0 Å². The summed E-state index contributed by atoms with van der Waals surface area (Å²) in [7, 11) is 0. The average molecular weight is 346 g/mol. The topological polar surface area (TPSA) is 37.5 Å². The van der Waals surface area contributed by atoms with E-state index in [1.165, 1.54) is 0 Å². The van der Waals surface area contributed by atoms with Crippen molar-refractivity contribution in [3.63, 3.8) is 0 Å². The van der Waals surface area contributed by atoms with Gasteiger partial charge in [0.25, 0.3) is 0 Å². The number of aromatic nitrogens is 1. The van der Waals surface area contributed by atoms with E-state index in [2.05, 4.69) is 16.7 Å². The van der Waals surface area contributed by atoms with E-state index in [9.17, 15) is 5.11 Å². The van der Waals surface area contributed by atoms with Crippen LogP contribution in [0, 0.1) is 0 Å². The molecule has 0 bridgehead atoms. The van der Waals surface area contributed by atoms with Crippen molar-refractivity contribution in [2.45, 2.75) is 12.6 Å². The lowest BCUT2D eigenvalue weighted by molar-refractivity contribution is 0.157. The number of nitrogens with zero attached hydrogens (tertiary/aromatic N) is 2.